The molecule has 0 saturated heterocycles. The first kappa shape index (κ1) is 12.9. The van der Waals surface area contributed by atoms with Crippen molar-refractivity contribution in [3.05, 3.63) is 33.4 Å². The minimum absolute atomic E-state index is 0.356. The summed E-state index contributed by atoms with van der Waals surface area (Å²) in [5, 5.41) is 0. The van der Waals surface area contributed by atoms with E-state index in [9.17, 15) is 0 Å². The van der Waals surface area contributed by atoms with E-state index in [2.05, 4.69) is 46.9 Å². The lowest BCUT2D eigenvalue weighted by Crippen LogP contribution is -2.28. The van der Waals surface area contributed by atoms with E-state index >= 15 is 0 Å². The van der Waals surface area contributed by atoms with Crippen LogP contribution in [-0.4, -0.2) is 6.04 Å². The van der Waals surface area contributed by atoms with Gasteiger partial charge in [-0.3, -0.25) is 0 Å². The zero-order valence-electron chi connectivity index (χ0n) is 10.8. The second-order valence-electron chi connectivity index (χ2n) is 6.26. The lowest BCUT2D eigenvalue weighted by molar-refractivity contribution is 0.294. The van der Waals surface area contributed by atoms with Crippen molar-refractivity contribution in [2.24, 2.45) is 23.5 Å². The molecule has 2 heteroatoms. The molecule has 4 atom stereocenters. The molecule has 2 aliphatic rings. The highest BCUT2D eigenvalue weighted by Crippen LogP contribution is 2.49. The average molecular weight is 355 g/mol. The smallest absolute Gasteiger partial charge is 0.0130 e. The maximum absolute atomic E-state index is 6.35. The van der Waals surface area contributed by atoms with Crippen LogP contribution in [-0.2, 0) is 6.42 Å². The van der Waals surface area contributed by atoms with Crippen molar-refractivity contribution < 1.29 is 0 Å². The highest BCUT2D eigenvalue weighted by molar-refractivity contribution is 14.1. The molecule has 1 aromatic rings. The summed E-state index contributed by atoms with van der Waals surface area (Å²) in [6, 6.07) is 9.17. The molecule has 1 aromatic carbocycles. The van der Waals surface area contributed by atoms with Crippen LogP contribution in [0.2, 0.25) is 0 Å². The van der Waals surface area contributed by atoms with Crippen molar-refractivity contribution in [2.45, 2.75) is 44.6 Å². The molecule has 2 fully saturated rings. The van der Waals surface area contributed by atoms with Crippen molar-refractivity contribution in [2.75, 3.05) is 0 Å². The first-order chi connectivity index (χ1) is 8.70. The number of fused-ring (bicyclic) bond motifs is 2. The van der Waals surface area contributed by atoms with Gasteiger partial charge in [-0.1, -0.05) is 18.6 Å². The van der Waals surface area contributed by atoms with Crippen LogP contribution >= 0.6 is 22.6 Å². The van der Waals surface area contributed by atoms with E-state index in [-0.39, 0.29) is 0 Å². The predicted octanol–water partition coefficient (Wildman–Crippen LogP) is 3.99. The second kappa shape index (κ2) is 5.49. The molecular formula is C16H22IN. The molecule has 98 valence electrons. The van der Waals surface area contributed by atoms with Crippen LogP contribution in [0, 0.1) is 21.3 Å². The molecule has 4 unspecified atom stereocenters. The summed E-state index contributed by atoms with van der Waals surface area (Å²) in [7, 11) is 0. The number of hydrogen-bond acceptors (Lipinski definition) is 1. The van der Waals surface area contributed by atoms with Crippen LogP contribution in [0.3, 0.4) is 0 Å². The first-order valence-corrected chi connectivity index (χ1v) is 8.28. The molecule has 0 aromatic heterocycles. The summed E-state index contributed by atoms with van der Waals surface area (Å²) in [5.74, 6) is 2.99. The van der Waals surface area contributed by atoms with Gasteiger partial charge in [0.05, 0.1) is 0 Å². The minimum Gasteiger partial charge on any atom is -0.327 e. The van der Waals surface area contributed by atoms with Gasteiger partial charge in [0.15, 0.2) is 0 Å². The van der Waals surface area contributed by atoms with Crippen molar-refractivity contribution in [3.63, 3.8) is 0 Å². The van der Waals surface area contributed by atoms with Gasteiger partial charge in [0.1, 0.15) is 0 Å². The van der Waals surface area contributed by atoms with Gasteiger partial charge in [-0.2, -0.15) is 0 Å². The Morgan fingerprint density at radius 3 is 2.56 bits per heavy atom. The van der Waals surface area contributed by atoms with Crippen molar-refractivity contribution in [1.29, 1.82) is 0 Å². The molecular weight excluding hydrogens is 333 g/mol. The average Bonchev–Trinajstić information content (AvgIpc) is 2.94. The molecule has 18 heavy (non-hydrogen) atoms. The number of nitrogens with two attached hydrogens (primary N) is 1. The van der Waals surface area contributed by atoms with E-state index in [4.69, 9.17) is 5.73 Å². The largest absolute Gasteiger partial charge is 0.327 e. The van der Waals surface area contributed by atoms with E-state index < -0.39 is 0 Å². The van der Waals surface area contributed by atoms with Gasteiger partial charge in [0.25, 0.3) is 0 Å². The topological polar surface area (TPSA) is 26.0 Å². The van der Waals surface area contributed by atoms with Gasteiger partial charge in [-0.05, 0) is 90.1 Å². The Morgan fingerprint density at radius 1 is 1.17 bits per heavy atom. The standard InChI is InChI=1S/C16H22IN/c17-15-5-2-11(3-6-15)9-16(18)10-14-8-12-1-4-13(14)7-12/h2-3,5-6,12-14,16H,1,4,7-10,18H2. The monoisotopic (exact) mass is 355 g/mol. The highest BCUT2D eigenvalue weighted by atomic mass is 127. The van der Waals surface area contributed by atoms with Gasteiger partial charge in [-0.15, -0.1) is 0 Å². The molecule has 2 bridgehead atoms. The minimum atomic E-state index is 0.356. The van der Waals surface area contributed by atoms with E-state index in [0.717, 1.165) is 24.2 Å². The first-order valence-electron chi connectivity index (χ1n) is 7.20. The highest BCUT2D eigenvalue weighted by Gasteiger charge is 2.39. The quantitative estimate of drug-likeness (QED) is 0.813. The molecule has 0 radical (unpaired) electrons. The van der Waals surface area contributed by atoms with Crippen molar-refractivity contribution >= 4 is 22.6 Å². The number of benzene rings is 1. The normalized spacial score (nSPS) is 31.8. The van der Waals surface area contributed by atoms with E-state index in [1.807, 2.05) is 0 Å². The lowest BCUT2D eigenvalue weighted by atomic mass is 9.83. The summed E-state index contributed by atoms with van der Waals surface area (Å²) >= 11 is 2.35. The molecule has 0 spiro atoms. The molecule has 0 heterocycles. The van der Waals surface area contributed by atoms with Crippen LogP contribution in [0.4, 0.5) is 0 Å². The van der Waals surface area contributed by atoms with Gasteiger partial charge in [0.2, 0.25) is 0 Å². The Bertz CT molecular complexity index is 400. The van der Waals surface area contributed by atoms with Gasteiger partial charge in [0, 0.05) is 9.61 Å². The fourth-order valence-corrected chi connectivity index (χ4v) is 4.42. The third-order valence-corrected chi connectivity index (χ3v) is 5.62. The third kappa shape index (κ3) is 2.90. The third-order valence-electron chi connectivity index (χ3n) is 4.90. The summed E-state index contributed by atoms with van der Waals surface area (Å²) in [6.45, 7) is 0. The van der Waals surface area contributed by atoms with E-state index in [1.54, 1.807) is 0 Å². The Balaban J connectivity index is 1.52. The molecule has 1 nitrogen and oxygen atoms in total. The van der Waals surface area contributed by atoms with Crippen molar-refractivity contribution in [3.8, 4) is 0 Å². The van der Waals surface area contributed by atoms with Crippen LogP contribution in [0.15, 0.2) is 24.3 Å². The van der Waals surface area contributed by atoms with Crippen LogP contribution in [0.5, 0.6) is 0 Å². The second-order valence-corrected chi connectivity index (χ2v) is 7.51. The van der Waals surface area contributed by atoms with E-state index in [1.165, 1.54) is 41.2 Å². The van der Waals surface area contributed by atoms with E-state index in [0.29, 0.717) is 6.04 Å². The SMILES string of the molecule is NC(Cc1ccc(I)cc1)CC1CC2CCC1C2. The van der Waals surface area contributed by atoms with Crippen molar-refractivity contribution in [1.82, 2.24) is 0 Å². The van der Waals surface area contributed by atoms with Crippen LogP contribution in [0.25, 0.3) is 0 Å². The van der Waals surface area contributed by atoms with Gasteiger partial charge in [-0.25, -0.2) is 0 Å². The fraction of sp³-hybridized carbons (Fsp3) is 0.625. The zero-order chi connectivity index (χ0) is 12.5. The van der Waals surface area contributed by atoms with Gasteiger partial charge < -0.3 is 5.73 Å². The maximum atomic E-state index is 6.35. The molecule has 0 aliphatic heterocycles. The summed E-state index contributed by atoms with van der Waals surface area (Å²) in [5.41, 5.74) is 7.75. The number of halogens is 1. The Hall–Kier alpha value is -0.0900. The number of rotatable bonds is 4. The Morgan fingerprint density at radius 2 is 1.94 bits per heavy atom. The fourth-order valence-electron chi connectivity index (χ4n) is 4.06. The Labute approximate surface area is 124 Å². The molecule has 3 rings (SSSR count). The maximum Gasteiger partial charge on any atom is 0.0130 e. The van der Waals surface area contributed by atoms with Crippen LogP contribution < -0.4 is 5.73 Å². The molecule has 2 saturated carbocycles. The molecule has 2 aliphatic carbocycles. The summed E-state index contributed by atoms with van der Waals surface area (Å²) in [4.78, 5) is 0. The molecule has 2 N–H and O–H groups in total. The molecule has 0 amide bonds. The number of hydrogen-bond donors (Lipinski definition) is 1. The zero-order valence-corrected chi connectivity index (χ0v) is 13.0. The predicted molar refractivity (Wildman–Crippen MR) is 84.4 cm³/mol. The van der Waals surface area contributed by atoms with Crippen LogP contribution in [0.1, 0.15) is 37.7 Å². The van der Waals surface area contributed by atoms with Gasteiger partial charge >= 0.3 is 0 Å². The Kier molecular flexibility index (Phi) is 3.94. The summed E-state index contributed by atoms with van der Waals surface area (Å²) in [6.07, 6.45) is 8.23. The summed E-state index contributed by atoms with van der Waals surface area (Å²) < 4.78 is 1.30. The lowest BCUT2D eigenvalue weighted by Gasteiger charge is -2.24.